The van der Waals surface area contributed by atoms with Crippen molar-refractivity contribution in [2.45, 2.75) is 17.6 Å². The second-order valence-electron chi connectivity index (χ2n) is 4.27. The number of rotatable bonds is 4. The van der Waals surface area contributed by atoms with Crippen molar-refractivity contribution < 1.29 is 14.6 Å². The number of H-pyrrole nitrogens is 1. The van der Waals surface area contributed by atoms with Gasteiger partial charge >= 0.3 is 5.97 Å². The first-order chi connectivity index (χ1) is 8.53. The molecular weight excluding hydrogens is 250 g/mol. The third-order valence-corrected chi connectivity index (χ3v) is 3.88. The molecule has 2 N–H and O–H groups in total. The van der Waals surface area contributed by atoms with Gasteiger partial charge in [0.25, 0.3) is 0 Å². The van der Waals surface area contributed by atoms with Crippen LogP contribution in [-0.4, -0.2) is 34.5 Å². The minimum atomic E-state index is -1.48. The van der Waals surface area contributed by atoms with E-state index in [4.69, 9.17) is 0 Å². The number of aromatic amines is 1. The van der Waals surface area contributed by atoms with Gasteiger partial charge in [0.15, 0.2) is 5.60 Å². The molecule has 2 aromatic rings. The Morgan fingerprint density at radius 1 is 1.50 bits per heavy atom. The number of benzene rings is 1. The Morgan fingerprint density at radius 2 is 2.22 bits per heavy atom. The van der Waals surface area contributed by atoms with Crippen LogP contribution in [0.4, 0.5) is 0 Å². The maximum atomic E-state index is 11.3. The van der Waals surface area contributed by atoms with Gasteiger partial charge in [-0.3, -0.25) is 0 Å². The maximum absolute atomic E-state index is 11.3. The molecule has 0 aliphatic rings. The molecular formula is C13H15NO3S. The zero-order valence-corrected chi connectivity index (χ0v) is 11.1. The predicted octanol–water partition coefficient (Wildman–Crippen LogP) is 2.18. The lowest BCUT2D eigenvalue weighted by Gasteiger charge is -2.18. The fraction of sp³-hybridized carbons (Fsp3) is 0.308. The summed E-state index contributed by atoms with van der Waals surface area (Å²) >= 11 is 1.39. The standard InChI is InChI=1S/C13H15NO3S/c1-13(16,12(15)17-2)8-18-11-7-9-5-3-4-6-10(9)14-11/h3-7,14,16H,8H2,1-2H3. The first kappa shape index (κ1) is 13.0. The number of fused-ring (bicyclic) bond motifs is 1. The Bertz CT molecular complexity index is 529. The second-order valence-corrected chi connectivity index (χ2v) is 5.29. The van der Waals surface area contributed by atoms with E-state index >= 15 is 0 Å². The normalized spacial score (nSPS) is 14.4. The molecule has 0 radical (unpaired) electrons. The van der Waals surface area contributed by atoms with Crippen LogP contribution in [0.2, 0.25) is 0 Å². The summed E-state index contributed by atoms with van der Waals surface area (Å²) in [7, 11) is 1.27. The highest BCUT2D eigenvalue weighted by Crippen LogP contribution is 2.26. The molecule has 0 amide bonds. The molecule has 0 bridgehead atoms. The van der Waals surface area contributed by atoms with E-state index in [-0.39, 0.29) is 5.75 Å². The van der Waals surface area contributed by atoms with Gasteiger partial charge in [0.05, 0.1) is 12.1 Å². The van der Waals surface area contributed by atoms with Gasteiger partial charge in [-0.15, -0.1) is 11.8 Å². The summed E-state index contributed by atoms with van der Waals surface area (Å²) in [5, 5.41) is 11.9. The molecule has 96 valence electrons. The topological polar surface area (TPSA) is 62.3 Å². The molecule has 2 rings (SSSR count). The Labute approximate surface area is 109 Å². The number of thioether (sulfide) groups is 1. The minimum Gasteiger partial charge on any atom is -0.467 e. The number of hydrogen-bond acceptors (Lipinski definition) is 4. The highest BCUT2D eigenvalue weighted by Gasteiger charge is 2.31. The lowest BCUT2D eigenvalue weighted by molar-refractivity contribution is -0.158. The number of aromatic nitrogens is 1. The van der Waals surface area contributed by atoms with Crippen molar-refractivity contribution in [3.63, 3.8) is 0 Å². The van der Waals surface area contributed by atoms with Gasteiger partial charge < -0.3 is 14.8 Å². The largest absolute Gasteiger partial charge is 0.467 e. The number of nitrogens with one attached hydrogen (secondary N) is 1. The van der Waals surface area contributed by atoms with E-state index in [1.807, 2.05) is 30.3 Å². The minimum absolute atomic E-state index is 0.243. The number of esters is 1. The van der Waals surface area contributed by atoms with Crippen molar-refractivity contribution in [1.82, 2.24) is 4.98 Å². The third kappa shape index (κ3) is 2.68. The third-order valence-electron chi connectivity index (χ3n) is 2.64. The van der Waals surface area contributed by atoms with Crippen molar-refractivity contribution in [2.75, 3.05) is 12.9 Å². The number of carbonyl (C=O) groups is 1. The number of hydrogen-bond donors (Lipinski definition) is 2. The summed E-state index contributed by atoms with van der Waals surface area (Å²) in [5.41, 5.74) is -0.436. The molecule has 5 heteroatoms. The number of ether oxygens (including phenoxy) is 1. The average molecular weight is 265 g/mol. The lowest BCUT2D eigenvalue weighted by atomic mass is 10.1. The summed E-state index contributed by atoms with van der Waals surface area (Å²) in [5.74, 6) is -0.377. The van der Waals surface area contributed by atoms with Gasteiger partial charge in [-0.05, 0) is 19.1 Å². The fourth-order valence-electron chi connectivity index (χ4n) is 1.62. The van der Waals surface area contributed by atoms with Crippen molar-refractivity contribution in [3.8, 4) is 0 Å². The van der Waals surface area contributed by atoms with E-state index in [0.29, 0.717) is 0 Å². The van der Waals surface area contributed by atoms with E-state index < -0.39 is 11.6 Å². The van der Waals surface area contributed by atoms with Gasteiger partial charge in [0, 0.05) is 16.7 Å². The summed E-state index contributed by atoms with van der Waals surface area (Å²) < 4.78 is 4.55. The molecule has 4 nitrogen and oxygen atoms in total. The molecule has 1 atom stereocenters. The smallest absolute Gasteiger partial charge is 0.338 e. The predicted molar refractivity (Wildman–Crippen MR) is 71.7 cm³/mol. The fourth-order valence-corrected chi connectivity index (χ4v) is 2.57. The van der Waals surface area contributed by atoms with E-state index in [1.54, 1.807) is 0 Å². The van der Waals surface area contributed by atoms with Gasteiger partial charge in [-0.2, -0.15) is 0 Å². The first-order valence-electron chi connectivity index (χ1n) is 5.54. The van der Waals surface area contributed by atoms with Crippen LogP contribution in [0, 0.1) is 0 Å². The van der Waals surface area contributed by atoms with Crippen LogP contribution in [0.15, 0.2) is 35.4 Å². The van der Waals surface area contributed by atoms with E-state index in [2.05, 4.69) is 9.72 Å². The zero-order chi connectivity index (χ0) is 13.2. The molecule has 0 fully saturated rings. The molecule has 0 saturated carbocycles. The Hall–Kier alpha value is -1.46. The molecule has 0 aliphatic carbocycles. The maximum Gasteiger partial charge on any atom is 0.338 e. The second kappa shape index (κ2) is 5.04. The number of methoxy groups -OCH3 is 1. The molecule has 0 spiro atoms. The van der Waals surface area contributed by atoms with Crippen LogP contribution in [0.3, 0.4) is 0 Å². The van der Waals surface area contributed by atoms with E-state index in [1.165, 1.54) is 25.8 Å². The van der Waals surface area contributed by atoms with Gasteiger partial charge in [0.2, 0.25) is 0 Å². The van der Waals surface area contributed by atoms with Crippen LogP contribution in [0.25, 0.3) is 10.9 Å². The molecule has 0 aliphatic heterocycles. The highest BCUT2D eigenvalue weighted by molar-refractivity contribution is 7.99. The number of aliphatic hydroxyl groups is 1. The summed E-state index contributed by atoms with van der Waals surface area (Å²) in [6.45, 7) is 1.45. The van der Waals surface area contributed by atoms with Crippen LogP contribution in [0.5, 0.6) is 0 Å². The molecule has 18 heavy (non-hydrogen) atoms. The lowest BCUT2D eigenvalue weighted by Crippen LogP contribution is -2.38. The molecule has 1 heterocycles. The van der Waals surface area contributed by atoms with Crippen molar-refractivity contribution in [3.05, 3.63) is 30.3 Å². The van der Waals surface area contributed by atoms with Crippen molar-refractivity contribution in [2.24, 2.45) is 0 Å². The van der Waals surface area contributed by atoms with Gasteiger partial charge in [0.1, 0.15) is 0 Å². The Kier molecular flexibility index (Phi) is 3.63. The van der Waals surface area contributed by atoms with E-state index in [0.717, 1.165) is 15.9 Å². The Morgan fingerprint density at radius 3 is 2.89 bits per heavy atom. The van der Waals surface area contributed by atoms with Crippen LogP contribution >= 0.6 is 11.8 Å². The quantitative estimate of drug-likeness (QED) is 0.657. The summed E-state index contributed by atoms with van der Waals surface area (Å²) in [6, 6.07) is 9.91. The highest BCUT2D eigenvalue weighted by atomic mass is 32.2. The molecule has 1 aromatic heterocycles. The summed E-state index contributed by atoms with van der Waals surface area (Å²) in [6.07, 6.45) is 0. The van der Waals surface area contributed by atoms with Crippen LogP contribution in [-0.2, 0) is 9.53 Å². The van der Waals surface area contributed by atoms with Gasteiger partial charge in [-0.1, -0.05) is 18.2 Å². The average Bonchev–Trinajstić information content (AvgIpc) is 2.78. The molecule has 0 saturated heterocycles. The van der Waals surface area contributed by atoms with E-state index in [9.17, 15) is 9.90 Å². The first-order valence-corrected chi connectivity index (χ1v) is 6.53. The van der Waals surface area contributed by atoms with Crippen molar-refractivity contribution >= 4 is 28.6 Å². The number of para-hydroxylation sites is 1. The molecule has 1 aromatic carbocycles. The molecule has 1 unspecified atom stereocenters. The number of carbonyl (C=O) groups excluding carboxylic acids is 1. The monoisotopic (exact) mass is 265 g/mol. The zero-order valence-electron chi connectivity index (χ0n) is 10.3. The SMILES string of the molecule is COC(=O)C(C)(O)CSc1cc2ccccc2[nH]1. The van der Waals surface area contributed by atoms with Crippen LogP contribution in [0.1, 0.15) is 6.92 Å². The van der Waals surface area contributed by atoms with Crippen molar-refractivity contribution in [1.29, 1.82) is 0 Å². The summed E-state index contributed by atoms with van der Waals surface area (Å²) in [4.78, 5) is 14.6. The Balaban J connectivity index is 2.08. The van der Waals surface area contributed by atoms with Gasteiger partial charge in [-0.25, -0.2) is 4.79 Å². The van der Waals surface area contributed by atoms with Crippen LogP contribution < -0.4 is 0 Å².